The topological polar surface area (TPSA) is 49.8 Å². The number of β-amino-alcohol motifs (C(OH)–C–C–N with tert-alkyl or cyclic N) is 1. The lowest BCUT2D eigenvalue weighted by Gasteiger charge is -2.19. The highest BCUT2D eigenvalue weighted by molar-refractivity contribution is 5.94. The van der Waals surface area contributed by atoms with E-state index in [0.717, 1.165) is 11.3 Å². The molecule has 4 heteroatoms. The van der Waals surface area contributed by atoms with Gasteiger partial charge < -0.3 is 14.7 Å². The number of carbonyl (C=O) groups excluding carboxylic acids is 1. The molecule has 0 radical (unpaired) electrons. The summed E-state index contributed by atoms with van der Waals surface area (Å²) in [5.74, 6) is 0.687. The molecule has 1 heterocycles. The molecular formula is C20H23NO3. The van der Waals surface area contributed by atoms with Crippen LogP contribution in [0, 0.1) is 0 Å². The molecule has 126 valence electrons. The van der Waals surface area contributed by atoms with Crippen molar-refractivity contribution in [2.24, 2.45) is 0 Å². The Morgan fingerprint density at radius 1 is 1.17 bits per heavy atom. The molecule has 2 aromatic carbocycles. The summed E-state index contributed by atoms with van der Waals surface area (Å²) in [4.78, 5) is 14.2. The van der Waals surface area contributed by atoms with Gasteiger partial charge in [-0.2, -0.15) is 0 Å². The maximum absolute atomic E-state index is 12.5. The van der Waals surface area contributed by atoms with E-state index in [-0.39, 0.29) is 12.0 Å². The first-order chi connectivity index (χ1) is 11.4. The second kappa shape index (κ2) is 6.65. The summed E-state index contributed by atoms with van der Waals surface area (Å²) in [7, 11) is 0. The fraction of sp³-hybridized carbons (Fsp3) is 0.350. The maximum Gasteiger partial charge on any atom is 0.253 e. The quantitative estimate of drug-likeness (QED) is 0.937. The summed E-state index contributed by atoms with van der Waals surface area (Å²) in [5, 5.41) is 10.00. The van der Waals surface area contributed by atoms with Crippen LogP contribution in [0.4, 0.5) is 0 Å². The van der Waals surface area contributed by atoms with Crippen LogP contribution in [0.3, 0.4) is 0 Å². The minimum Gasteiger partial charge on any atom is -0.486 e. The molecule has 0 unspecified atom stereocenters. The summed E-state index contributed by atoms with van der Waals surface area (Å²) >= 11 is 0. The Morgan fingerprint density at radius 3 is 2.42 bits per heavy atom. The zero-order valence-electron chi connectivity index (χ0n) is 14.1. The highest BCUT2D eigenvalue weighted by atomic mass is 16.5. The zero-order valence-corrected chi connectivity index (χ0v) is 14.1. The van der Waals surface area contributed by atoms with E-state index in [0.29, 0.717) is 25.1 Å². The molecule has 3 rings (SSSR count). The van der Waals surface area contributed by atoms with Gasteiger partial charge in [-0.25, -0.2) is 0 Å². The first-order valence-electron chi connectivity index (χ1n) is 8.28. The van der Waals surface area contributed by atoms with Gasteiger partial charge in [-0.15, -0.1) is 0 Å². The SMILES string of the molecule is C[C@@H](Oc1ccc(C(=O)N2CC[C@](C)(O)C2)cc1)c1ccccc1. The minimum atomic E-state index is -0.774. The van der Waals surface area contributed by atoms with Crippen molar-refractivity contribution in [2.75, 3.05) is 13.1 Å². The van der Waals surface area contributed by atoms with Gasteiger partial charge in [-0.1, -0.05) is 30.3 Å². The van der Waals surface area contributed by atoms with Crippen LogP contribution >= 0.6 is 0 Å². The fourth-order valence-corrected chi connectivity index (χ4v) is 2.97. The van der Waals surface area contributed by atoms with E-state index in [1.807, 2.05) is 49.4 Å². The summed E-state index contributed by atoms with van der Waals surface area (Å²) in [5.41, 5.74) is 0.952. The normalized spacial score (nSPS) is 21.5. The number of ether oxygens (including phenoxy) is 1. The number of rotatable bonds is 4. The molecule has 24 heavy (non-hydrogen) atoms. The van der Waals surface area contributed by atoms with E-state index in [1.54, 1.807) is 24.0 Å². The van der Waals surface area contributed by atoms with E-state index >= 15 is 0 Å². The Kier molecular flexibility index (Phi) is 4.58. The molecule has 1 aliphatic rings. The smallest absolute Gasteiger partial charge is 0.253 e. The highest BCUT2D eigenvalue weighted by Crippen LogP contribution is 2.24. The number of benzene rings is 2. The van der Waals surface area contributed by atoms with Gasteiger partial charge in [0, 0.05) is 18.7 Å². The number of hydrogen-bond acceptors (Lipinski definition) is 3. The van der Waals surface area contributed by atoms with Crippen LogP contribution in [0.5, 0.6) is 5.75 Å². The van der Waals surface area contributed by atoms with Crippen LogP contribution in [-0.2, 0) is 0 Å². The summed E-state index contributed by atoms with van der Waals surface area (Å²) in [6.45, 7) is 4.74. The van der Waals surface area contributed by atoms with Crippen LogP contribution in [0.25, 0.3) is 0 Å². The Hall–Kier alpha value is -2.33. The van der Waals surface area contributed by atoms with Crippen molar-refractivity contribution >= 4 is 5.91 Å². The molecule has 1 fully saturated rings. The van der Waals surface area contributed by atoms with Gasteiger partial charge in [0.15, 0.2) is 0 Å². The van der Waals surface area contributed by atoms with Crippen molar-refractivity contribution in [3.8, 4) is 5.75 Å². The second-order valence-electron chi connectivity index (χ2n) is 6.67. The van der Waals surface area contributed by atoms with E-state index in [2.05, 4.69) is 0 Å². The van der Waals surface area contributed by atoms with Gasteiger partial charge in [0.2, 0.25) is 0 Å². The van der Waals surface area contributed by atoms with Crippen molar-refractivity contribution < 1.29 is 14.6 Å². The third-order valence-corrected chi connectivity index (χ3v) is 4.42. The van der Waals surface area contributed by atoms with Gasteiger partial charge in [0.25, 0.3) is 5.91 Å². The summed E-state index contributed by atoms with van der Waals surface area (Å²) < 4.78 is 5.93. The number of amides is 1. The maximum atomic E-state index is 12.5. The average molecular weight is 325 g/mol. The van der Waals surface area contributed by atoms with Gasteiger partial charge in [-0.05, 0) is 50.1 Å². The Labute approximate surface area is 142 Å². The van der Waals surface area contributed by atoms with E-state index < -0.39 is 5.60 Å². The van der Waals surface area contributed by atoms with Crippen LogP contribution < -0.4 is 4.74 Å². The molecule has 0 spiro atoms. The van der Waals surface area contributed by atoms with E-state index in [4.69, 9.17) is 4.74 Å². The Balaban J connectivity index is 1.64. The molecule has 0 saturated carbocycles. The Bertz CT molecular complexity index is 695. The molecule has 2 atom stereocenters. The lowest BCUT2D eigenvalue weighted by Crippen LogP contribution is -2.33. The largest absolute Gasteiger partial charge is 0.486 e. The Morgan fingerprint density at radius 2 is 1.83 bits per heavy atom. The molecule has 0 bridgehead atoms. The molecule has 1 aliphatic heterocycles. The molecule has 0 aliphatic carbocycles. The van der Waals surface area contributed by atoms with Gasteiger partial charge in [0.05, 0.1) is 5.60 Å². The number of aliphatic hydroxyl groups is 1. The van der Waals surface area contributed by atoms with Crippen LogP contribution in [0.2, 0.25) is 0 Å². The van der Waals surface area contributed by atoms with E-state index in [9.17, 15) is 9.90 Å². The molecule has 1 N–H and O–H groups in total. The molecule has 1 saturated heterocycles. The molecular weight excluding hydrogens is 302 g/mol. The lowest BCUT2D eigenvalue weighted by molar-refractivity contribution is 0.0572. The predicted octanol–water partition coefficient (Wildman–Crippen LogP) is 3.42. The van der Waals surface area contributed by atoms with Gasteiger partial charge in [0.1, 0.15) is 11.9 Å². The van der Waals surface area contributed by atoms with Crippen molar-refractivity contribution in [1.82, 2.24) is 4.90 Å². The molecule has 2 aromatic rings. The third-order valence-electron chi connectivity index (χ3n) is 4.42. The number of hydrogen-bond donors (Lipinski definition) is 1. The highest BCUT2D eigenvalue weighted by Gasteiger charge is 2.34. The molecule has 0 aromatic heterocycles. The first kappa shape index (κ1) is 16.5. The first-order valence-corrected chi connectivity index (χ1v) is 8.28. The predicted molar refractivity (Wildman–Crippen MR) is 93.1 cm³/mol. The molecule has 4 nitrogen and oxygen atoms in total. The van der Waals surface area contributed by atoms with Crippen molar-refractivity contribution in [1.29, 1.82) is 0 Å². The standard InChI is InChI=1S/C20H23NO3/c1-15(16-6-4-3-5-7-16)24-18-10-8-17(9-11-18)19(22)21-13-12-20(2,23)14-21/h3-11,15,23H,12-14H2,1-2H3/t15-,20+/m1/s1. The van der Waals surface area contributed by atoms with Crippen LogP contribution in [-0.4, -0.2) is 34.6 Å². The minimum absolute atomic E-state index is 0.0459. The lowest BCUT2D eigenvalue weighted by atomic mass is 10.1. The average Bonchev–Trinajstić information content (AvgIpc) is 2.95. The van der Waals surface area contributed by atoms with Gasteiger partial charge in [-0.3, -0.25) is 4.79 Å². The summed E-state index contributed by atoms with van der Waals surface area (Å²) in [6, 6.07) is 17.2. The zero-order chi connectivity index (χ0) is 17.2. The van der Waals surface area contributed by atoms with Crippen LogP contribution in [0.1, 0.15) is 42.3 Å². The van der Waals surface area contributed by atoms with Gasteiger partial charge >= 0.3 is 0 Å². The number of nitrogens with zero attached hydrogens (tertiary/aromatic N) is 1. The van der Waals surface area contributed by atoms with Crippen LogP contribution in [0.15, 0.2) is 54.6 Å². The third kappa shape index (κ3) is 3.77. The monoisotopic (exact) mass is 325 g/mol. The molecule has 1 amide bonds. The van der Waals surface area contributed by atoms with E-state index in [1.165, 1.54) is 0 Å². The second-order valence-corrected chi connectivity index (χ2v) is 6.67. The van der Waals surface area contributed by atoms with Crippen molar-refractivity contribution in [2.45, 2.75) is 32.0 Å². The number of carbonyl (C=O) groups is 1. The van der Waals surface area contributed by atoms with Crippen molar-refractivity contribution in [3.05, 3.63) is 65.7 Å². The number of likely N-dealkylation sites (tertiary alicyclic amines) is 1. The fourth-order valence-electron chi connectivity index (χ4n) is 2.97. The summed E-state index contributed by atoms with van der Waals surface area (Å²) in [6.07, 6.45) is 0.565. The van der Waals surface area contributed by atoms with Crippen molar-refractivity contribution in [3.63, 3.8) is 0 Å².